The monoisotopic (exact) mass is 367 g/mol. The number of pyridine rings is 1. The Hall–Kier alpha value is -1.98. The van der Waals surface area contributed by atoms with Gasteiger partial charge in [-0.05, 0) is 24.6 Å². The topological polar surface area (TPSA) is 82.0 Å². The minimum atomic E-state index is -0.682. The van der Waals surface area contributed by atoms with Crippen molar-refractivity contribution >= 4 is 23.2 Å². The van der Waals surface area contributed by atoms with Gasteiger partial charge >= 0.3 is 0 Å². The minimum absolute atomic E-state index is 0.0429. The first-order chi connectivity index (χ1) is 12.0. The molecule has 0 aliphatic rings. The van der Waals surface area contributed by atoms with E-state index in [9.17, 15) is 9.18 Å². The van der Waals surface area contributed by atoms with Crippen LogP contribution in [0.2, 0.25) is 5.02 Å². The Kier molecular flexibility index (Phi) is 10.6. The number of benzene rings is 1. The van der Waals surface area contributed by atoms with Crippen LogP contribution in [0.3, 0.4) is 0 Å². The Balaban J connectivity index is 0.00000134. The van der Waals surface area contributed by atoms with Crippen molar-refractivity contribution in [1.29, 1.82) is 0 Å². The van der Waals surface area contributed by atoms with E-state index in [2.05, 4.69) is 4.98 Å². The molecule has 0 saturated heterocycles. The lowest BCUT2D eigenvalue weighted by atomic mass is 9.97. The largest absolute Gasteiger partial charge is 0.384 e. The number of ketones is 1. The van der Waals surface area contributed by atoms with Gasteiger partial charge < -0.3 is 11.5 Å². The lowest BCUT2D eigenvalue weighted by molar-refractivity contribution is 0.103. The van der Waals surface area contributed by atoms with Crippen LogP contribution >= 0.6 is 11.6 Å². The Morgan fingerprint density at radius 2 is 1.80 bits per heavy atom. The van der Waals surface area contributed by atoms with Crippen molar-refractivity contribution in [2.24, 2.45) is 5.73 Å². The molecule has 1 aromatic heterocycles. The highest BCUT2D eigenvalue weighted by molar-refractivity contribution is 6.35. The fourth-order valence-corrected chi connectivity index (χ4v) is 2.20. The van der Waals surface area contributed by atoms with Crippen LogP contribution in [0.25, 0.3) is 0 Å². The fraction of sp³-hybridized carbons (Fsp3) is 0.368. The highest BCUT2D eigenvalue weighted by Gasteiger charge is 2.22. The third-order valence-electron chi connectivity index (χ3n) is 3.24. The fourth-order valence-electron chi connectivity index (χ4n) is 1.97. The Morgan fingerprint density at radius 1 is 1.20 bits per heavy atom. The second-order valence-electron chi connectivity index (χ2n) is 4.64. The van der Waals surface area contributed by atoms with Crippen molar-refractivity contribution in [1.82, 2.24) is 4.98 Å². The van der Waals surface area contributed by atoms with E-state index in [-0.39, 0.29) is 27.5 Å². The number of hydrogen-bond acceptors (Lipinski definition) is 4. The van der Waals surface area contributed by atoms with E-state index in [1.165, 1.54) is 30.5 Å². The average Bonchev–Trinajstić information content (AvgIpc) is 2.65. The van der Waals surface area contributed by atoms with E-state index >= 15 is 0 Å². The maximum Gasteiger partial charge on any atom is 0.199 e. The molecule has 2 rings (SSSR count). The molecule has 1 aromatic carbocycles. The van der Waals surface area contributed by atoms with E-state index in [4.69, 9.17) is 23.1 Å². The van der Waals surface area contributed by atoms with Crippen LogP contribution in [0.15, 0.2) is 30.5 Å². The van der Waals surface area contributed by atoms with E-state index in [0.717, 1.165) is 0 Å². The maximum atomic E-state index is 14.6. The third-order valence-corrected chi connectivity index (χ3v) is 3.55. The zero-order valence-electron chi connectivity index (χ0n) is 15.4. The van der Waals surface area contributed by atoms with Gasteiger partial charge in [-0.15, -0.1) is 0 Å². The molecule has 4 nitrogen and oxygen atoms in total. The summed E-state index contributed by atoms with van der Waals surface area (Å²) in [6.07, 6.45) is 1.84. The summed E-state index contributed by atoms with van der Waals surface area (Å²) in [7, 11) is 0. The van der Waals surface area contributed by atoms with Crippen molar-refractivity contribution in [3.63, 3.8) is 0 Å². The van der Waals surface area contributed by atoms with Crippen molar-refractivity contribution < 1.29 is 9.18 Å². The van der Waals surface area contributed by atoms with Crippen LogP contribution in [0.5, 0.6) is 0 Å². The molecule has 0 fully saturated rings. The van der Waals surface area contributed by atoms with E-state index in [0.29, 0.717) is 6.42 Å². The first kappa shape index (κ1) is 23.0. The Morgan fingerprint density at radius 3 is 2.28 bits per heavy atom. The minimum Gasteiger partial charge on any atom is -0.384 e. The van der Waals surface area contributed by atoms with Gasteiger partial charge in [0, 0.05) is 23.4 Å². The quantitative estimate of drug-likeness (QED) is 0.732. The number of anilines is 1. The number of nitrogen functional groups attached to an aromatic ring is 1. The zero-order valence-corrected chi connectivity index (χ0v) is 16.2. The number of carbonyl (C=O) groups is 1. The molecular formula is C19H27ClFN3O. The summed E-state index contributed by atoms with van der Waals surface area (Å²) in [5.41, 5.74) is 11.6. The van der Waals surface area contributed by atoms with E-state index < -0.39 is 17.6 Å². The predicted molar refractivity (Wildman–Crippen MR) is 103 cm³/mol. The summed E-state index contributed by atoms with van der Waals surface area (Å²) in [6, 6.07) is 5.45. The number of nitrogens with zero attached hydrogens (tertiary/aromatic N) is 1. The standard InChI is InChI=1S/C15H15ClFN3O.2C2H6/c1-2-11(18)9-4-5-10(16)13(14(9)17)15(21)8-3-6-12(19)20-7-8;2*1-2/h3-7,11H,2,18H2,1H3,(H2,19,20);2*1-2H3. The van der Waals surface area contributed by atoms with Gasteiger partial charge in [0.05, 0.1) is 10.6 Å². The highest BCUT2D eigenvalue weighted by Crippen LogP contribution is 2.28. The molecule has 1 heterocycles. The van der Waals surface area contributed by atoms with Crippen LogP contribution in [0.4, 0.5) is 10.2 Å². The second-order valence-corrected chi connectivity index (χ2v) is 5.05. The molecule has 0 radical (unpaired) electrons. The Labute approximate surface area is 154 Å². The van der Waals surface area contributed by atoms with Crippen LogP contribution < -0.4 is 11.5 Å². The summed E-state index contributed by atoms with van der Waals surface area (Å²) in [5.74, 6) is -0.950. The van der Waals surface area contributed by atoms with Crippen molar-refractivity contribution in [3.8, 4) is 0 Å². The van der Waals surface area contributed by atoms with Gasteiger partial charge in [0.1, 0.15) is 11.6 Å². The second kappa shape index (κ2) is 11.6. The van der Waals surface area contributed by atoms with Gasteiger partial charge in [-0.2, -0.15) is 0 Å². The normalized spacial score (nSPS) is 10.7. The predicted octanol–water partition coefficient (Wildman–Crippen LogP) is 5.15. The zero-order chi connectivity index (χ0) is 19.6. The number of hydrogen-bond donors (Lipinski definition) is 2. The third kappa shape index (κ3) is 5.80. The highest BCUT2D eigenvalue weighted by atomic mass is 35.5. The molecule has 4 N–H and O–H groups in total. The number of rotatable bonds is 4. The molecular weight excluding hydrogens is 341 g/mol. The molecule has 0 saturated carbocycles. The first-order valence-corrected chi connectivity index (χ1v) is 8.83. The van der Waals surface area contributed by atoms with Crippen LogP contribution in [0, 0.1) is 5.82 Å². The molecule has 6 heteroatoms. The van der Waals surface area contributed by atoms with Crippen molar-refractivity contribution in [3.05, 3.63) is 58.0 Å². The molecule has 138 valence electrons. The smallest absolute Gasteiger partial charge is 0.199 e. The van der Waals surface area contributed by atoms with E-state index in [1.807, 2.05) is 34.6 Å². The number of aromatic nitrogens is 1. The van der Waals surface area contributed by atoms with Gasteiger partial charge in [-0.25, -0.2) is 9.37 Å². The van der Waals surface area contributed by atoms with Crippen LogP contribution in [0.1, 0.15) is 68.6 Å². The first-order valence-electron chi connectivity index (χ1n) is 8.45. The SMILES string of the molecule is CC.CC.CCC(N)c1ccc(Cl)c(C(=O)c2ccc(N)nc2)c1F. The molecule has 2 aromatic rings. The molecule has 0 aliphatic heterocycles. The molecule has 1 atom stereocenters. The van der Waals surface area contributed by atoms with Gasteiger partial charge in [0.2, 0.25) is 0 Å². The average molecular weight is 368 g/mol. The summed E-state index contributed by atoms with van der Waals surface area (Å²) >= 11 is 5.98. The Bertz CT molecular complexity index is 675. The van der Waals surface area contributed by atoms with Gasteiger partial charge in [0.25, 0.3) is 0 Å². The lowest BCUT2D eigenvalue weighted by Crippen LogP contribution is -2.15. The molecule has 25 heavy (non-hydrogen) atoms. The number of halogens is 2. The van der Waals surface area contributed by atoms with Gasteiger partial charge in [0.15, 0.2) is 5.78 Å². The molecule has 0 aliphatic carbocycles. The lowest BCUT2D eigenvalue weighted by Gasteiger charge is -2.14. The van der Waals surface area contributed by atoms with Gasteiger partial charge in [-0.3, -0.25) is 4.79 Å². The van der Waals surface area contributed by atoms with E-state index in [1.54, 1.807) is 0 Å². The maximum absolute atomic E-state index is 14.6. The molecule has 0 spiro atoms. The van der Waals surface area contributed by atoms with Crippen LogP contribution in [-0.2, 0) is 0 Å². The molecule has 0 bridgehead atoms. The van der Waals surface area contributed by atoms with Crippen molar-refractivity contribution in [2.75, 3.05) is 5.73 Å². The summed E-state index contributed by atoms with van der Waals surface area (Å²) in [6.45, 7) is 9.84. The molecule has 0 amide bonds. The summed E-state index contributed by atoms with van der Waals surface area (Å²) in [5, 5.41) is 0.0429. The van der Waals surface area contributed by atoms with Crippen molar-refractivity contribution in [2.45, 2.75) is 47.1 Å². The number of carbonyl (C=O) groups excluding carboxylic acids is 1. The summed E-state index contributed by atoms with van der Waals surface area (Å²) < 4.78 is 14.6. The van der Waals surface area contributed by atoms with Crippen LogP contribution in [-0.4, -0.2) is 10.8 Å². The molecule has 1 unspecified atom stereocenters. The summed E-state index contributed by atoms with van der Waals surface area (Å²) in [4.78, 5) is 16.2. The van der Waals surface area contributed by atoms with Gasteiger partial charge in [-0.1, -0.05) is 52.3 Å². The number of nitrogens with two attached hydrogens (primary N) is 2.